The largest absolute Gasteiger partial charge is 0.371 e. The van der Waals surface area contributed by atoms with Gasteiger partial charge in [-0.25, -0.2) is 4.39 Å². The Bertz CT molecular complexity index is 742. The molecule has 2 fully saturated rings. The van der Waals surface area contributed by atoms with E-state index in [2.05, 4.69) is 10.2 Å². The van der Waals surface area contributed by atoms with E-state index >= 15 is 0 Å². The van der Waals surface area contributed by atoms with Gasteiger partial charge in [0.05, 0.1) is 25.5 Å². The molecule has 7 heteroatoms. The smallest absolute Gasteiger partial charge is 0.222 e. The first kappa shape index (κ1) is 16.2. The Kier molecular flexibility index (Phi) is 4.50. The van der Waals surface area contributed by atoms with Crippen LogP contribution in [0.1, 0.15) is 24.5 Å². The highest BCUT2D eigenvalue weighted by Crippen LogP contribution is 2.29. The van der Waals surface area contributed by atoms with Crippen molar-refractivity contribution in [1.82, 2.24) is 15.1 Å². The average molecular weight is 345 g/mol. The quantitative estimate of drug-likeness (QED) is 0.923. The number of likely N-dealkylation sites (tertiary alicyclic amines) is 1. The third-order valence-electron chi connectivity index (χ3n) is 4.74. The summed E-state index contributed by atoms with van der Waals surface area (Å²) in [6.45, 7) is 1.98. The predicted molar refractivity (Wildman–Crippen MR) is 88.2 cm³/mol. The minimum absolute atomic E-state index is 0.147. The lowest BCUT2D eigenvalue weighted by atomic mass is 10.0. The molecule has 0 aliphatic carbocycles. The molecule has 1 amide bonds. The molecular weight excluding hydrogens is 325 g/mol. The number of amides is 1. The Hall–Kier alpha value is -2.25. The van der Waals surface area contributed by atoms with Gasteiger partial charge in [-0.2, -0.15) is 5.10 Å². The number of carbonyl (C=O) groups is 1. The number of aromatic amines is 1. The predicted octanol–water partition coefficient (Wildman–Crippen LogP) is 2.29. The van der Waals surface area contributed by atoms with Gasteiger partial charge in [0.15, 0.2) is 0 Å². The fourth-order valence-corrected chi connectivity index (χ4v) is 3.35. The van der Waals surface area contributed by atoms with E-state index in [1.54, 1.807) is 18.5 Å². The van der Waals surface area contributed by atoms with Gasteiger partial charge in [0.2, 0.25) is 5.91 Å². The van der Waals surface area contributed by atoms with Crippen LogP contribution in [0.2, 0.25) is 0 Å². The number of halogens is 1. The first-order valence-corrected chi connectivity index (χ1v) is 8.50. The summed E-state index contributed by atoms with van der Waals surface area (Å²) in [5, 5.41) is 6.59. The van der Waals surface area contributed by atoms with Gasteiger partial charge >= 0.3 is 0 Å². The summed E-state index contributed by atoms with van der Waals surface area (Å²) in [6.07, 6.45) is 4.32. The second-order valence-electron chi connectivity index (χ2n) is 6.44. The second kappa shape index (κ2) is 6.93. The first-order valence-electron chi connectivity index (χ1n) is 8.50. The van der Waals surface area contributed by atoms with Crippen LogP contribution in [0.25, 0.3) is 11.1 Å². The van der Waals surface area contributed by atoms with E-state index in [1.807, 2.05) is 11.0 Å². The summed E-state index contributed by atoms with van der Waals surface area (Å²) < 4.78 is 26.1. The summed E-state index contributed by atoms with van der Waals surface area (Å²) in [6, 6.07) is 5.07. The van der Waals surface area contributed by atoms with E-state index in [1.165, 1.54) is 6.07 Å². The highest BCUT2D eigenvalue weighted by molar-refractivity contribution is 5.78. The van der Waals surface area contributed by atoms with Crippen molar-refractivity contribution in [1.29, 1.82) is 0 Å². The van der Waals surface area contributed by atoms with Crippen molar-refractivity contribution in [2.45, 2.75) is 25.0 Å². The Labute approximate surface area is 144 Å². The van der Waals surface area contributed by atoms with Crippen LogP contribution < -0.4 is 0 Å². The van der Waals surface area contributed by atoms with Crippen LogP contribution in [0.15, 0.2) is 30.6 Å². The molecule has 2 unspecified atom stereocenters. The number of hydrogen-bond donors (Lipinski definition) is 1. The van der Waals surface area contributed by atoms with Crippen molar-refractivity contribution in [2.24, 2.45) is 0 Å². The van der Waals surface area contributed by atoms with Gasteiger partial charge in [-0.3, -0.25) is 9.89 Å². The number of benzene rings is 1. The van der Waals surface area contributed by atoms with E-state index in [0.717, 1.165) is 24.1 Å². The standard InChI is InChI=1S/C18H20FN3O3/c19-16-6-12(13-7-20-21-8-13)3-4-15(16)17-11-24-14(10-25-17)9-22-5-1-2-18(22)23/h3-4,6-8,14,17H,1-2,5,9-11H2,(H,20,21). The van der Waals surface area contributed by atoms with Crippen molar-refractivity contribution >= 4 is 5.91 Å². The maximum Gasteiger partial charge on any atom is 0.222 e. The Morgan fingerprint density at radius 2 is 2.20 bits per heavy atom. The van der Waals surface area contributed by atoms with Gasteiger partial charge in [0, 0.05) is 36.8 Å². The molecule has 0 saturated carbocycles. The SMILES string of the molecule is O=C1CCCN1CC1COC(c2ccc(-c3cn[nH]c3)cc2F)CO1. The molecule has 25 heavy (non-hydrogen) atoms. The minimum atomic E-state index is -0.427. The van der Waals surface area contributed by atoms with E-state index in [-0.39, 0.29) is 24.4 Å². The number of rotatable bonds is 4. The molecule has 0 radical (unpaired) electrons. The molecule has 2 aliphatic heterocycles. The summed E-state index contributed by atoms with van der Waals surface area (Å²) >= 11 is 0. The van der Waals surface area contributed by atoms with Gasteiger partial charge in [-0.1, -0.05) is 12.1 Å². The lowest BCUT2D eigenvalue weighted by molar-refractivity contribution is -0.149. The molecule has 4 rings (SSSR count). The summed E-state index contributed by atoms with van der Waals surface area (Å²) in [5.41, 5.74) is 2.08. The molecule has 6 nitrogen and oxygen atoms in total. The van der Waals surface area contributed by atoms with Crippen LogP contribution in [0.3, 0.4) is 0 Å². The van der Waals surface area contributed by atoms with Crippen molar-refractivity contribution in [2.75, 3.05) is 26.3 Å². The van der Waals surface area contributed by atoms with E-state index in [4.69, 9.17) is 9.47 Å². The molecule has 2 atom stereocenters. The van der Waals surface area contributed by atoms with Crippen LogP contribution in [-0.4, -0.2) is 53.4 Å². The summed E-state index contributed by atoms with van der Waals surface area (Å²) in [7, 11) is 0. The topological polar surface area (TPSA) is 67.5 Å². The van der Waals surface area contributed by atoms with Crippen LogP contribution in [0.5, 0.6) is 0 Å². The number of hydrogen-bond acceptors (Lipinski definition) is 4. The van der Waals surface area contributed by atoms with Gasteiger partial charge < -0.3 is 14.4 Å². The van der Waals surface area contributed by atoms with Crippen LogP contribution in [0.4, 0.5) is 4.39 Å². The first-order chi connectivity index (χ1) is 12.2. The Morgan fingerprint density at radius 1 is 1.28 bits per heavy atom. The number of carbonyl (C=O) groups excluding carboxylic acids is 1. The van der Waals surface area contributed by atoms with Gasteiger partial charge in [-0.05, 0) is 18.1 Å². The maximum absolute atomic E-state index is 14.5. The van der Waals surface area contributed by atoms with E-state index in [0.29, 0.717) is 25.1 Å². The third-order valence-corrected chi connectivity index (χ3v) is 4.74. The fourth-order valence-electron chi connectivity index (χ4n) is 3.35. The molecular formula is C18H20FN3O3. The highest BCUT2D eigenvalue weighted by atomic mass is 19.1. The number of nitrogens with zero attached hydrogens (tertiary/aromatic N) is 2. The zero-order chi connectivity index (χ0) is 17.2. The van der Waals surface area contributed by atoms with Crippen molar-refractivity contribution in [3.05, 3.63) is 42.0 Å². The molecule has 1 aromatic heterocycles. The normalized spacial score (nSPS) is 24.0. The fraction of sp³-hybridized carbons (Fsp3) is 0.444. The van der Waals surface area contributed by atoms with Gasteiger partial charge in [0.1, 0.15) is 11.9 Å². The zero-order valence-electron chi connectivity index (χ0n) is 13.8. The molecule has 2 aromatic rings. The van der Waals surface area contributed by atoms with Gasteiger partial charge in [-0.15, -0.1) is 0 Å². The number of aromatic nitrogens is 2. The van der Waals surface area contributed by atoms with Gasteiger partial charge in [0.25, 0.3) is 0 Å². The van der Waals surface area contributed by atoms with Crippen molar-refractivity contribution < 1.29 is 18.7 Å². The number of nitrogens with one attached hydrogen (secondary N) is 1. The summed E-state index contributed by atoms with van der Waals surface area (Å²) in [5.74, 6) is -0.146. The monoisotopic (exact) mass is 345 g/mol. The number of H-pyrrole nitrogens is 1. The molecule has 1 aromatic carbocycles. The number of ether oxygens (including phenoxy) is 2. The lowest BCUT2D eigenvalue weighted by Gasteiger charge is -2.32. The average Bonchev–Trinajstić information content (AvgIpc) is 3.28. The van der Waals surface area contributed by atoms with E-state index in [9.17, 15) is 9.18 Å². The van der Waals surface area contributed by atoms with Crippen LogP contribution in [-0.2, 0) is 14.3 Å². The van der Waals surface area contributed by atoms with Crippen LogP contribution >= 0.6 is 0 Å². The molecule has 3 heterocycles. The van der Waals surface area contributed by atoms with E-state index < -0.39 is 6.10 Å². The van der Waals surface area contributed by atoms with Crippen LogP contribution in [0, 0.1) is 5.82 Å². The molecule has 0 spiro atoms. The second-order valence-corrected chi connectivity index (χ2v) is 6.44. The molecule has 1 N–H and O–H groups in total. The Balaban J connectivity index is 1.38. The molecule has 2 aliphatic rings. The Morgan fingerprint density at radius 3 is 2.84 bits per heavy atom. The lowest BCUT2D eigenvalue weighted by Crippen LogP contribution is -2.41. The summed E-state index contributed by atoms with van der Waals surface area (Å²) in [4.78, 5) is 13.5. The molecule has 2 saturated heterocycles. The van der Waals surface area contributed by atoms with Crippen molar-refractivity contribution in [3.8, 4) is 11.1 Å². The molecule has 0 bridgehead atoms. The highest BCUT2D eigenvalue weighted by Gasteiger charge is 2.29. The molecule has 132 valence electrons. The zero-order valence-corrected chi connectivity index (χ0v) is 13.8. The van der Waals surface area contributed by atoms with Crippen molar-refractivity contribution in [3.63, 3.8) is 0 Å². The minimum Gasteiger partial charge on any atom is -0.371 e. The maximum atomic E-state index is 14.5. The third kappa shape index (κ3) is 3.43.